The summed E-state index contributed by atoms with van der Waals surface area (Å²) in [6.07, 6.45) is 3.80. The highest BCUT2D eigenvalue weighted by Gasteiger charge is 2.19. The summed E-state index contributed by atoms with van der Waals surface area (Å²) >= 11 is 1.59. The van der Waals surface area contributed by atoms with Crippen molar-refractivity contribution < 1.29 is 14.3 Å². The molecule has 0 spiro atoms. The number of rotatable bonds is 7. The molecule has 0 bridgehead atoms. The third-order valence-corrected chi connectivity index (χ3v) is 4.76. The van der Waals surface area contributed by atoms with Gasteiger partial charge in [-0.3, -0.25) is 4.79 Å². The van der Waals surface area contributed by atoms with Crippen LogP contribution in [0.1, 0.15) is 43.3 Å². The molecule has 5 nitrogen and oxygen atoms in total. The van der Waals surface area contributed by atoms with E-state index in [1.807, 2.05) is 23.6 Å². The van der Waals surface area contributed by atoms with Gasteiger partial charge in [-0.25, -0.2) is 4.98 Å². The lowest BCUT2D eigenvalue weighted by Crippen LogP contribution is -2.29. The van der Waals surface area contributed by atoms with Crippen molar-refractivity contribution in [3.8, 4) is 11.5 Å². The van der Waals surface area contributed by atoms with Crippen molar-refractivity contribution in [1.82, 2.24) is 10.3 Å². The second kappa shape index (κ2) is 7.66. The van der Waals surface area contributed by atoms with E-state index >= 15 is 0 Å². The highest BCUT2D eigenvalue weighted by Crippen LogP contribution is 2.32. The van der Waals surface area contributed by atoms with E-state index in [0.717, 1.165) is 28.5 Å². The molecule has 1 N–H and O–H groups in total. The number of aryl methyl sites for hydroxylation is 1. The molecular weight excluding hydrogens is 324 g/mol. The number of aromatic nitrogens is 1. The van der Waals surface area contributed by atoms with Gasteiger partial charge >= 0.3 is 0 Å². The molecule has 128 valence electrons. The van der Waals surface area contributed by atoms with Gasteiger partial charge < -0.3 is 14.8 Å². The minimum absolute atomic E-state index is 0.00532. The third kappa shape index (κ3) is 4.26. The second-order valence-electron chi connectivity index (χ2n) is 6.31. The van der Waals surface area contributed by atoms with Gasteiger partial charge in [0.15, 0.2) is 11.5 Å². The Kier molecular flexibility index (Phi) is 5.35. The first-order chi connectivity index (χ1) is 11.6. The van der Waals surface area contributed by atoms with E-state index in [0.29, 0.717) is 18.8 Å². The average Bonchev–Trinajstić information content (AvgIpc) is 3.22. The number of carbonyl (C=O) groups excluding carboxylic acids is 1. The van der Waals surface area contributed by atoms with Crippen molar-refractivity contribution in [3.05, 3.63) is 40.3 Å². The summed E-state index contributed by atoms with van der Waals surface area (Å²) in [6.45, 7) is 4.57. The summed E-state index contributed by atoms with van der Waals surface area (Å²) in [7, 11) is 0. The van der Waals surface area contributed by atoms with E-state index in [1.165, 1.54) is 0 Å². The summed E-state index contributed by atoms with van der Waals surface area (Å²) in [5.74, 6) is 2.07. The van der Waals surface area contributed by atoms with Crippen molar-refractivity contribution >= 4 is 17.2 Å². The fourth-order valence-electron chi connectivity index (χ4n) is 2.72. The molecule has 24 heavy (non-hydrogen) atoms. The van der Waals surface area contributed by atoms with Crippen LogP contribution < -0.4 is 14.8 Å². The topological polar surface area (TPSA) is 60.5 Å². The lowest BCUT2D eigenvalue weighted by atomic mass is 10.0. The quantitative estimate of drug-likeness (QED) is 0.830. The van der Waals surface area contributed by atoms with Crippen LogP contribution in [0.15, 0.2) is 29.8 Å². The molecule has 1 aromatic heterocycles. The monoisotopic (exact) mass is 346 g/mol. The lowest BCUT2D eigenvalue weighted by molar-refractivity contribution is -0.121. The van der Waals surface area contributed by atoms with Gasteiger partial charge in [0.25, 0.3) is 0 Å². The molecular formula is C18H22N2O3S. The molecule has 0 radical (unpaired) electrons. The number of carbonyl (C=O) groups is 1. The van der Waals surface area contributed by atoms with Crippen molar-refractivity contribution in [2.75, 3.05) is 6.79 Å². The van der Waals surface area contributed by atoms with Crippen LogP contribution in [0.25, 0.3) is 0 Å². The van der Waals surface area contributed by atoms with Crippen LogP contribution in [0.3, 0.4) is 0 Å². The van der Waals surface area contributed by atoms with Crippen LogP contribution in [0, 0.1) is 5.92 Å². The first kappa shape index (κ1) is 16.8. The van der Waals surface area contributed by atoms with Gasteiger partial charge in [0.05, 0.1) is 6.04 Å². The van der Waals surface area contributed by atoms with Gasteiger partial charge in [-0.05, 0) is 36.5 Å². The van der Waals surface area contributed by atoms with Crippen LogP contribution in [0.5, 0.6) is 11.5 Å². The van der Waals surface area contributed by atoms with Crippen LogP contribution in [0.4, 0.5) is 0 Å². The number of nitrogens with one attached hydrogen (secondary N) is 1. The molecule has 1 atom stereocenters. The predicted molar refractivity (Wildman–Crippen MR) is 93.3 cm³/mol. The molecule has 1 aromatic carbocycles. The smallest absolute Gasteiger partial charge is 0.231 e. The zero-order valence-electron chi connectivity index (χ0n) is 14.0. The number of ether oxygens (including phenoxy) is 2. The molecule has 6 heteroatoms. The first-order valence-corrected chi connectivity index (χ1v) is 9.07. The van der Waals surface area contributed by atoms with Crippen molar-refractivity contribution in [2.24, 2.45) is 5.92 Å². The van der Waals surface area contributed by atoms with E-state index in [9.17, 15) is 4.79 Å². The molecule has 2 aromatic rings. The van der Waals surface area contributed by atoms with E-state index in [4.69, 9.17) is 9.47 Å². The Bertz CT molecular complexity index is 686. The van der Waals surface area contributed by atoms with E-state index in [2.05, 4.69) is 24.1 Å². The largest absolute Gasteiger partial charge is 0.454 e. The van der Waals surface area contributed by atoms with Gasteiger partial charge in [0.2, 0.25) is 12.7 Å². The molecule has 3 rings (SSSR count). The molecule has 1 aliphatic rings. The van der Waals surface area contributed by atoms with Crippen LogP contribution in [0.2, 0.25) is 0 Å². The Morgan fingerprint density at radius 1 is 1.33 bits per heavy atom. The van der Waals surface area contributed by atoms with Gasteiger partial charge in [0, 0.05) is 18.0 Å². The van der Waals surface area contributed by atoms with Gasteiger partial charge in [0.1, 0.15) is 5.01 Å². The Hall–Kier alpha value is -2.08. The van der Waals surface area contributed by atoms with E-state index < -0.39 is 0 Å². The van der Waals surface area contributed by atoms with Gasteiger partial charge in [-0.1, -0.05) is 19.9 Å². The number of nitrogens with zero attached hydrogens (tertiary/aromatic N) is 1. The lowest BCUT2D eigenvalue weighted by Gasteiger charge is -2.18. The maximum absolute atomic E-state index is 12.3. The summed E-state index contributed by atoms with van der Waals surface area (Å²) < 4.78 is 10.7. The summed E-state index contributed by atoms with van der Waals surface area (Å²) in [4.78, 5) is 16.7. The van der Waals surface area contributed by atoms with E-state index in [-0.39, 0.29) is 18.7 Å². The minimum atomic E-state index is -0.00532. The Balaban J connectivity index is 1.56. The van der Waals surface area contributed by atoms with Crippen LogP contribution >= 0.6 is 11.3 Å². The zero-order chi connectivity index (χ0) is 16.9. The molecule has 0 fully saturated rings. The number of amides is 1. The molecule has 1 amide bonds. The standard InChI is InChI=1S/C18H22N2O3S/c1-12(2)9-14(18-19-7-8-24-18)20-17(21)6-4-13-3-5-15-16(10-13)23-11-22-15/h3,5,7-8,10,12,14H,4,6,9,11H2,1-2H3,(H,20,21). The van der Waals surface area contributed by atoms with Crippen molar-refractivity contribution in [1.29, 1.82) is 0 Å². The SMILES string of the molecule is CC(C)CC(NC(=O)CCc1ccc2c(c1)OCO2)c1nccs1. The molecule has 2 heterocycles. The molecule has 0 saturated carbocycles. The Labute approximate surface area is 146 Å². The third-order valence-electron chi connectivity index (χ3n) is 3.87. The Morgan fingerprint density at radius 3 is 2.92 bits per heavy atom. The molecule has 1 unspecified atom stereocenters. The predicted octanol–water partition coefficient (Wildman–Crippen LogP) is 3.71. The summed E-state index contributed by atoms with van der Waals surface area (Å²) in [5, 5.41) is 6.04. The normalized spacial score (nSPS) is 14.0. The van der Waals surface area contributed by atoms with Crippen molar-refractivity contribution in [3.63, 3.8) is 0 Å². The number of hydrogen-bond acceptors (Lipinski definition) is 5. The van der Waals surface area contributed by atoms with Crippen LogP contribution in [-0.2, 0) is 11.2 Å². The molecule has 1 aliphatic heterocycles. The number of thiazole rings is 1. The minimum Gasteiger partial charge on any atom is -0.454 e. The number of hydrogen-bond donors (Lipinski definition) is 1. The van der Waals surface area contributed by atoms with Crippen molar-refractivity contribution in [2.45, 2.75) is 39.2 Å². The highest BCUT2D eigenvalue weighted by molar-refractivity contribution is 7.09. The first-order valence-electron chi connectivity index (χ1n) is 8.19. The Morgan fingerprint density at radius 2 is 2.17 bits per heavy atom. The second-order valence-corrected chi connectivity index (χ2v) is 7.23. The molecule has 0 saturated heterocycles. The van der Waals surface area contributed by atoms with Gasteiger partial charge in [-0.2, -0.15) is 0 Å². The van der Waals surface area contributed by atoms with E-state index in [1.54, 1.807) is 17.5 Å². The zero-order valence-corrected chi connectivity index (χ0v) is 14.8. The fourth-order valence-corrected chi connectivity index (χ4v) is 3.42. The summed E-state index contributed by atoms with van der Waals surface area (Å²) in [5.41, 5.74) is 1.07. The highest BCUT2D eigenvalue weighted by atomic mass is 32.1. The number of benzene rings is 1. The van der Waals surface area contributed by atoms with Crippen LogP contribution in [-0.4, -0.2) is 17.7 Å². The average molecular weight is 346 g/mol. The number of fused-ring (bicyclic) bond motifs is 1. The fraction of sp³-hybridized carbons (Fsp3) is 0.444. The maximum atomic E-state index is 12.3. The molecule has 0 aliphatic carbocycles. The van der Waals surface area contributed by atoms with Gasteiger partial charge in [-0.15, -0.1) is 11.3 Å². The maximum Gasteiger partial charge on any atom is 0.231 e. The summed E-state index contributed by atoms with van der Waals surface area (Å²) in [6, 6.07) is 5.82.